The largest absolute Gasteiger partial charge is 0.478 e. The van der Waals surface area contributed by atoms with Gasteiger partial charge in [0.15, 0.2) is 5.69 Å². The summed E-state index contributed by atoms with van der Waals surface area (Å²) in [5.74, 6) is -1.74. The van der Waals surface area contributed by atoms with Crippen LogP contribution in [0.1, 0.15) is 66.7 Å². The van der Waals surface area contributed by atoms with Crippen LogP contribution in [0, 0.1) is 46.6 Å². The number of oxime groups is 1. The fourth-order valence-corrected chi connectivity index (χ4v) is 17.1. The number of aryl methyl sites for hydroxylation is 5. The van der Waals surface area contributed by atoms with E-state index in [4.69, 9.17) is 80.6 Å². The lowest BCUT2D eigenvalue weighted by atomic mass is 10.0. The van der Waals surface area contributed by atoms with E-state index in [1.165, 1.54) is 0 Å². The number of anilines is 10. The van der Waals surface area contributed by atoms with Crippen molar-refractivity contribution in [2.45, 2.75) is 73.8 Å². The van der Waals surface area contributed by atoms with Crippen LogP contribution in [0.15, 0.2) is 217 Å². The van der Waals surface area contributed by atoms with Gasteiger partial charge in [-0.3, -0.25) is 4.79 Å². The normalized spacial score (nSPS) is 13.6. The van der Waals surface area contributed by atoms with Gasteiger partial charge in [0, 0.05) is 131 Å². The number of hydrogen-bond donors (Lipinski definition) is 4. The minimum Gasteiger partial charge on any atom is -0.478 e. The molecule has 30 nitrogen and oxygen atoms in total. The number of rotatable bonds is 10. The van der Waals surface area contributed by atoms with Gasteiger partial charge in [-0.05, 0) is 228 Å². The molecule has 0 atom stereocenters. The number of aliphatic hydroxyl groups is 1. The van der Waals surface area contributed by atoms with Gasteiger partial charge in [-0.25, -0.2) is 37.8 Å². The number of aromatic carboxylic acids is 1. The van der Waals surface area contributed by atoms with E-state index in [0.29, 0.717) is 93.5 Å². The van der Waals surface area contributed by atoms with Crippen LogP contribution in [0.3, 0.4) is 0 Å². The fourth-order valence-electron chi connectivity index (χ4n) is 16.5. The van der Waals surface area contributed by atoms with Gasteiger partial charge in [0.25, 0.3) is 0 Å². The molecule has 0 saturated heterocycles. The van der Waals surface area contributed by atoms with Crippen molar-refractivity contribution in [3.05, 3.63) is 300 Å². The molecule has 0 saturated carbocycles. The number of fused-ring (bicyclic) bond motifs is 15. The summed E-state index contributed by atoms with van der Waals surface area (Å²) in [5.41, 5.74) is 33.1. The van der Waals surface area contributed by atoms with E-state index < -0.39 is 11.9 Å². The summed E-state index contributed by atoms with van der Waals surface area (Å²) in [4.78, 5) is 53.8. The number of nitrogens with two attached hydrogens (primary N) is 1. The van der Waals surface area contributed by atoms with Crippen LogP contribution in [0.2, 0.25) is 25.1 Å². The van der Waals surface area contributed by atoms with Crippen molar-refractivity contribution in [2.24, 2.45) is 10.9 Å². The van der Waals surface area contributed by atoms with Crippen LogP contribution in [-0.4, -0.2) is 154 Å². The lowest BCUT2D eigenvalue weighted by Crippen LogP contribution is -2.22. The lowest BCUT2D eigenvalue weighted by molar-refractivity contribution is -0.140. The second-order valence-electron chi connectivity index (χ2n) is 30.6. The molecular formula is C93H79Cl5N24O6. The van der Waals surface area contributed by atoms with Gasteiger partial charge in [0.1, 0.15) is 0 Å². The molecule has 21 rings (SSSR count). The maximum absolute atomic E-state index is 11.7. The van der Waals surface area contributed by atoms with Crippen molar-refractivity contribution < 1.29 is 29.4 Å². The predicted octanol–water partition coefficient (Wildman–Crippen LogP) is 18.7. The number of carboxylic acids is 1. The van der Waals surface area contributed by atoms with Crippen molar-refractivity contribution in [3.63, 3.8) is 0 Å². The molecule has 642 valence electrons. The van der Waals surface area contributed by atoms with Crippen LogP contribution in [0.4, 0.5) is 62.6 Å². The maximum atomic E-state index is 11.7. The van der Waals surface area contributed by atoms with Crippen LogP contribution in [0.25, 0.3) is 61.1 Å². The zero-order chi connectivity index (χ0) is 89.3. The van der Waals surface area contributed by atoms with Crippen LogP contribution in [0.5, 0.6) is 0 Å². The Morgan fingerprint density at radius 2 is 0.680 bits per heavy atom. The Morgan fingerprint density at radius 3 is 0.977 bits per heavy atom. The van der Waals surface area contributed by atoms with Gasteiger partial charge >= 0.3 is 11.9 Å². The number of nitrogens with one attached hydrogen (secondary N) is 1. The zero-order valence-electron chi connectivity index (χ0n) is 69.5. The Labute approximate surface area is 759 Å². The standard InChI is InChI=1S/C20H16ClN5O2.C19H18ClN5O.C18H16ClN5O.C18H14ClN5.C18H15ClN4O2/c1-12-20-16-7-2-13(17-11-19(27)28-23-17)10-18(16)25(8-9-26(20)24-22-12)15-5-3-14(21)4-6-15;1-12-19-16-7-2-13(17(21)11-26)10-18(16)24(8-9-25(19)23-22-12)15-5-3-14(20)4-6-15;1-11-17-15-7-2-12(18(20)25)10-16(15)23(8-9-24(17)22-21-11)14-5-3-13(19)4-6-14;1-12-18-16-8-5-14(20-2)11-17(16)23(9-10-24(18)22-21-12)15-6-3-13(19)4-7-15;1-11-17-15-7-2-12(18(24)25)10-16(15)22(8-9-23(17)21-20-11)14-5-3-13(19)4-6-14/h2-7,10H,8-9,11H2,1H3;2-7,10,21,26H,8-9,11H2,1H3;2-7,10H,8-9H2,1H3,(H2,20,25);3-8,11H,9-10H2,1H3;2-7,10H,8-9H2,1H3,(H,24,25). The third-order valence-electron chi connectivity index (χ3n) is 22.7. The highest BCUT2D eigenvalue weighted by molar-refractivity contribution is 6.32. The maximum Gasteiger partial charge on any atom is 0.341 e. The number of benzene rings is 10. The molecule has 35 heteroatoms. The van der Waals surface area contributed by atoms with Gasteiger partial charge < -0.3 is 50.7 Å². The molecule has 6 aliphatic rings. The number of nitrogens with zero attached hydrogens (tertiary/aromatic N) is 22. The number of primary amides is 1. The molecule has 128 heavy (non-hydrogen) atoms. The smallest absolute Gasteiger partial charge is 0.341 e. The average Bonchev–Trinajstić information content (AvgIpc) is 1.75. The zero-order valence-corrected chi connectivity index (χ0v) is 73.3. The highest BCUT2D eigenvalue weighted by Gasteiger charge is 2.33. The topological polar surface area (TPSA) is 337 Å². The number of aliphatic hydroxyl groups excluding tert-OH is 1. The van der Waals surface area contributed by atoms with Crippen molar-refractivity contribution >= 4 is 150 Å². The highest BCUT2D eigenvalue weighted by Crippen LogP contribution is 2.47. The number of carbonyl (C=O) groups excluding carboxylic acids is 2. The van der Waals surface area contributed by atoms with E-state index in [1.807, 2.05) is 252 Å². The minimum absolute atomic E-state index is 0.179. The summed E-state index contributed by atoms with van der Waals surface area (Å²) in [6.45, 7) is 23.7. The molecule has 0 fully saturated rings. The number of amides is 1. The quantitative estimate of drug-likeness (QED) is 0.0561. The Morgan fingerprint density at radius 1 is 0.398 bits per heavy atom. The Hall–Kier alpha value is -14.5. The number of carboxylic acid groups (broad SMARTS) is 1. The first-order valence-electron chi connectivity index (χ1n) is 40.7. The molecule has 0 radical (unpaired) electrons. The first-order valence-corrected chi connectivity index (χ1v) is 42.6. The number of halogens is 5. The Kier molecular flexibility index (Phi) is 24.5. The number of aromatic nitrogens is 15. The van der Waals surface area contributed by atoms with Gasteiger partial charge in [-0.15, -0.1) is 25.5 Å². The first-order chi connectivity index (χ1) is 61.9. The molecule has 5 N–H and O–H groups in total. The molecule has 5 aromatic heterocycles. The van der Waals surface area contributed by atoms with Crippen LogP contribution >= 0.6 is 58.0 Å². The summed E-state index contributed by atoms with van der Waals surface area (Å²) in [5, 5.41) is 76.4. The molecule has 10 aromatic carbocycles. The third kappa shape index (κ3) is 17.4. The molecule has 6 aliphatic heterocycles. The SMILES string of the molecule is Cc1nnn2c1-c1ccc(C(=N)CO)cc1N(c1ccc(Cl)cc1)CC2.Cc1nnn2c1-c1ccc(C(=O)O)cc1N(c1ccc(Cl)cc1)CC2.Cc1nnn2c1-c1ccc(C(N)=O)cc1N(c1ccc(Cl)cc1)CC2.Cc1nnn2c1-c1ccc(C3=NOC(=O)C3)cc1N(c1ccc(Cl)cc1)CC2.[C-]#[N+]c1ccc2c(c1)N(c1ccc(Cl)cc1)CCn1nnc(C)c1-2. The number of carbonyl (C=O) groups is 3. The molecule has 0 spiro atoms. The third-order valence-corrected chi connectivity index (χ3v) is 23.9. The predicted molar refractivity (Wildman–Crippen MR) is 496 cm³/mol. The van der Waals surface area contributed by atoms with Crippen molar-refractivity contribution in [1.29, 1.82) is 5.41 Å². The summed E-state index contributed by atoms with van der Waals surface area (Å²) < 4.78 is 9.55. The van der Waals surface area contributed by atoms with E-state index in [9.17, 15) is 24.6 Å². The Balaban J connectivity index is 0.000000113. The number of hydrogen-bond acceptors (Lipinski definition) is 22. The highest BCUT2D eigenvalue weighted by atomic mass is 35.5. The molecule has 0 aliphatic carbocycles. The fraction of sp³-hybridized carbons (Fsp3) is 0.183. The molecule has 1 amide bonds. The van der Waals surface area contributed by atoms with E-state index in [0.717, 1.165) is 167 Å². The minimum atomic E-state index is -0.952. The van der Waals surface area contributed by atoms with Gasteiger partial charge in [-0.1, -0.05) is 113 Å². The van der Waals surface area contributed by atoms with Crippen molar-refractivity contribution in [3.8, 4) is 56.3 Å². The van der Waals surface area contributed by atoms with Crippen LogP contribution in [-0.2, 0) is 42.4 Å². The monoisotopic (exact) mass is 1800 g/mol. The summed E-state index contributed by atoms with van der Waals surface area (Å²) in [6.07, 6.45) is 0.179. The first kappa shape index (κ1) is 85.7. The second kappa shape index (κ2) is 36.6. The molecule has 15 aromatic rings. The van der Waals surface area contributed by atoms with E-state index in [1.54, 1.807) is 18.2 Å². The average molecular weight is 1810 g/mol. The molecule has 0 unspecified atom stereocenters. The second-order valence-corrected chi connectivity index (χ2v) is 32.8. The van der Waals surface area contributed by atoms with E-state index >= 15 is 0 Å². The lowest BCUT2D eigenvalue weighted by Gasteiger charge is -2.25. The van der Waals surface area contributed by atoms with Crippen molar-refractivity contribution in [2.75, 3.05) is 63.8 Å². The molecular weight excluding hydrogens is 1730 g/mol. The van der Waals surface area contributed by atoms with E-state index in [-0.39, 0.29) is 30.3 Å². The summed E-state index contributed by atoms with van der Waals surface area (Å²) in [6, 6.07) is 66.5. The van der Waals surface area contributed by atoms with Crippen molar-refractivity contribution in [1.82, 2.24) is 75.0 Å². The van der Waals surface area contributed by atoms with E-state index in [2.05, 4.69) is 86.1 Å². The van der Waals surface area contributed by atoms with Gasteiger partial charge in [-0.2, -0.15) is 0 Å². The summed E-state index contributed by atoms with van der Waals surface area (Å²) in [7, 11) is 0. The van der Waals surface area contributed by atoms with Crippen LogP contribution < -0.4 is 30.2 Å². The van der Waals surface area contributed by atoms with Gasteiger partial charge in [0.2, 0.25) is 5.91 Å². The molecule has 11 heterocycles. The van der Waals surface area contributed by atoms with Gasteiger partial charge in [0.05, 0.1) is 149 Å². The Bertz CT molecular complexity index is 6720. The molecule has 0 bridgehead atoms. The summed E-state index contributed by atoms with van der Waals surface area (Å²) >= 11 is 30.2.